The molecule has 10 aromatic carbocycles. The zero-order valence-electron chi connectivity index (χ0n) is 38.0. The summed E-state index contributed by atoms with van der Waals surface area (Å²) in [6, 6.07) is 92.6. The molecule has 0 aliphatic heterocycles. The Morgan fingerprint density at radius 2 is 0.594 bits per heavy atom. The first kappa shape index (κ1) is 43.0. The zero-order valence-corrected chi connectivity index (χ0v) is 38.0. The van der Waals surface area contributed by atoms with Gasteiger partial charge >= 0.3 is 0 Å². The maximum Gasteiger partial charge on any atom is 0.141 e. The minimum atomic E-state index is -1.67. The van der Waals surface area contributed by atoms with Crippen LogP contribution in [0.25, 0.3) is 23.3 Å². The highest BCUT2D eigenvalue weighted by Gasteiger charge is 2.51. The Morgan fingerprint density at radius 3 is 0.957 bits per heavy atom. The predicted octanol–water partition coefficient (Wildman–Crippen LogP) is 15.2. The number of aliphatic hydroxyl groups is 2. The van der Waals surface area contributed by atoms with E-state index in [1.807, 2.05) is 115 Å². The minimum Gasteiger partial charge on any atom is -0.376 e. The number of nitrogens with zero attached hydrogens (tertiary/aromatic N) is 1. The predicted molar refractivity (Wildman–Crippen MR) is 284 cm³/mol. The van der Waals surface area contributed by atoms with Crippen LogP contribution in [0.15, 0.2) is 273 Å². The molecule has 3 heteroatoms. The van der Waals surface area contributed by atoms with Crippen molar-refractivity contribution in [1.82, 2.24) is 0 Å². The molecule has 2 N–H and O–H groups in total. The highest BCUT2D eigenvalue weighted by Crippen LogP contribution is 2.54. The average Bonchev–Trinajstić information content (AvgIpc) is 3.43. The summed E-state index contributed by atoms with van der Waals surface area (Å²) < 4.78 is 0. The fraction of sp³-hybridized carbons (Fsp3) is 0.0303. The van der Waals surface area contributed by atoms with Gasteiger partial charge in [-0.2, -0.15) is 0 Å². The van der Waals surface area contributed by atoms with Gasteiger partial charge in [-0.15, -0.1) is 0 Å². The molecule has 1 aliphatic rings. The second kappa shape index (κ2) is 18.6. The van der Waals surface area contributed by atoms with E-state index in [0.717, 1.165) is 61.6 Å². The number of fused-ring (bicyclic) bond motifs is 2. The first-order valence-electron chi connectivity index (χ1n) is 23.4. The van der Waals surface area contributed by atoms with Crippen LogP contribution in [-0.2, 0) is 11.2 Å². The van der Waals surface area contributed by atoms with Gasteiger partial charge in [0, 0.05) is 22.6 Å². The normalized spacial score (nSPS) is 15.8. The first-order chi connectivity index (χ1) is 34.0. The highest BCUT2D eigenvalue weighted by molar-refractivity contribution is 5.92. The standard InChI is InChI=1S/C66H49NO2/c68-65(54-39-35-48(36-40-54)45-59(50-21-7-1-8-22-50)51-23-9-2-10-24-51)61-33-19-20-34-62(61)66(69,55-41-37-49(38-42-55)46-60(52-25-11-3-12-26-52)53-27-13-4-14-28-53)64-47-58(43-44-63(64)65)67(56-29-15-5-16-30-56)57-31-17-6-18-32-57/h1-47,68-69H. The summed E-state index contributed by atoms with van der Waals surface area (Å²) >= 11 is 0. The van der Waals surface area contributed by atoms with Crippen LogP contribution in [0.3, 0.4) is 0 Å². The third-order valence-electron chi connectivity index (χ3n) is 13.4. The third kappa shape index (κ3) is 8.10. The molecule has 11 rings (SSSR count). The number of hydrogen-bond acceptors (Lipinski definition) is 3. The second-order valence-electron chi connectivity index (χ2n) is 17.5. The van der Waals surface area contributed by atoms with Crippen LogP contribution < -0.4 is 4.90 Å². The van der Waals surface area contributed by atoms with Crippen LogP contribution in [0.2, 0.25) is 0 Å². The van der Waals surface area contributed by atoms with Gasteiger partial charge in [0.2, 0.25) is 0 Å². The van der Waals surface area contributed by atoms with Crippen molar-refractivity contribution in [2.24, 2.45) is 0 Å². The number of hydrogen-bond donors (Lipinski definition) is 2. The largest absolute Gasteiger partial charge is 0.376 e. The summed E-state index contributed by atoms with van der Waals surface area (Å²) in [7, 11) is 0. The molecule has 330 valence electrons. The fourth-order valence-corrected chi connectivity index (χ4v) is 10.0. The van der Waals surface area contributed by atoms with Crippen LogP contribution in [-0.4, -0.2) is 10.2 Å². The number of rotatable bonds is 11. The van der Waals surface area contributed by atoms with Gasteiger partial charge in [-0.25, -0.2) is 0 Å². The van der Waals surface area contributed by atoms with Gasteiger partial charge in [0.15, 0.2) is 0 Å². The van der Waals surface area contributed by atoms with Gasteiger partial charge < -0.3 is 15.1 Å². The van der Waals surface area contributed by atoms with E-state index in [4.69, 9.17) is 0 Å². The van der Waals surface area contributed by atoms with Crippen molar-refractivity contribution in [3.05, 3.63) is 340 Å². The zero-order chi connectivity index (χ0) is 46.6. The maximum atomic E-state index is 13.9. The minimum absolute atomic E-state index is 0.593. The molecular weight excluding hydrogens is 839 g/mol. The van der Waals surface area contributed by atoms with Crippen LogP contribution in [0, 0.1) is 0 Å². The molecule has 0 radical (unpaired) electrons. The number of para-hydroxylation sites is 2. The first-order valence-corrected chi connectivity index (χ1v) is 23.4. The van der Waals surface area contributed by atoms with E-state index in [0.29, 0.717) is 33.4 Å². The Morgan fingerprint density at radius 1 is 0.290 bits per heavy atom. The Labute approximate surface area is 404 Å². The molecule has 0 spiro atoms. The molecule has 2 atom stereocenters. The molecule has 69 heavy (non-hydrogen) atoms. The lowest BCUT2D eigenvalue weighted by Gasteiger charge is -2.45. The summed E-state index contributed by atoms with van der Waals surface area (Å²) in [5.74, 6) is 0. The van der Waals surface area contributed by atoms with Crippen molar-refractivity contribution in [3.63, 3.8) is 0 Å². The summed E-state index contributed by atoms with van der Waals surface area (Å²) in [6.45, 7) is 0. The molecule has 0 saturated carbocycles. The van der Waals surface area contributed by atoms with Gasteiger partial charge in [0.25, 0.3) is 0 Å². The smallest absolute Gasteiger partial charge is 0.141 e. The molecule has 0 heterocycles. The van der Waals surface area contributed by atoms with Crippen LogP contribution in [0.5, 0.6) is 0 Å². The lowest BCUT2D eigenvalue weighted by Crippen LogP contribution is -2.44. The molecule has 0 aromatic heterocycles. The second-order valence-corrected chi connectivity index (χ2v) is 17.5. The van der Waals surface area contributed by atoms with Gasteiger partial charge in [-0.05, 0) is 121 Å². The molecular formula is C66H49NO2. The van der Waals surface area contributed by atoms with E-state index in [1.165, 1.54) is 0 Å². The topological polar surface area (TPSA) is 43.7 Å². The molecule has 0 saturated heterocycles. The SMILES string of the molecule is OC1(c2ccc(C=C(c3ccccc3)c3ccccc3)cc2)c2ccccc2C(O)(c2ccc(C=C(c3ccccc3)c3ccccc3)cc2)c2cc(N(c3ccccc3)c3ccccc3)ccc21. The quantitative estimate of drug-likeness (QED) is 0.127. The average molecular weight is 888 g/mol. The molecule has 0 bridgehead atoms. The molecule has 3 nitrogen and oxygen atoms in total. The summed E-state index contributed by atoms with van der Waals surface area (Å²) in [4.78, 5) is 2.20. The summed E-state index contributed by atoms with van der Waals surface area (Å²) in [5, 5.41) is 27.6. The number of anilines is 3. The molecule has 0 fully saturated rings. The third-order valence-corrected chi connectivity index (χ3v) is 13.4. The molecule has 0 amide bonds. The van der Waals surface area contributed by atoms with Crippen LogP contribution in [0.4, 0.5) is 17.1 Å². The van der Waals surface area contributed by atoms with E-state index in [2.05, 4.69) is 175 Å². The van der Waals surface area contributed by atoms with Crippen molar-refractivity contribution >= 4 is 40.4 Å². The van der Waals surface area contributed by atoms with Crippen molar-refractivity contribution in [2.75, 3.05) is 4.90 Å². The van der Waals surface area contributed by atoms with Crippen LogP contribution >= 0.6 is 0 Å². The lowest BCUT2D eigenvalue weighted by molar-refractivity contribution is 0.0748. The van der Waals surface area contributed by atoms with Crippen molar-refractivity contribution < 1.29 is 10.2 Å². The fourth-order valence-electron chi connectivity index (χ4n) is 10.0. The van der Waals surface area contributed by atoms with E-state index >= 15 is 0 Å². The summed E-state index contributed by atoms with van der Waals surface area (Å²) in [6.07, 6.45) is 4.41. The molecule has 2 unspecified atom stereocenters. The Hall–Kier alpha value is -8.60. The highest BCUT2D eigenvalue weighted by atomic mass is 16.3. The monoisotopic (exact) mass is 887 g/mol. The van der Waals surface area contributed by atoms with E-state index in [-0.39, 0.29) is 0 Å². The van der Waals surface area contributed by atoms with Gasteiger partial charge in [-0.3, -0.25) is 0 Å². The molecule has 10 aromatic rings. The van der Waals surface area contributed by atoms with E-state index in [9.17, 15) is 10.2 Å². The Kier molecular flexibility index (Phi) is 11.6. The van der Waals surface area contributed by atoms with Crippen molar-refractivity contribution in [2.45, 2.75) is 11.2 Å². The van der Waals surface area contributed by atoms with Gasteiger partial charge in [0.1, 0.15) is 11.2 Å². The van der Waals surface area contributed by atoms with Crippen LogP contribution in [0.1, 0.15) is 66.8 Å². The summed E-state index contributed by atoms with van der Waals surface area (Å²) in [5.41, 5.74) is 12.0. The van der Waals surface area contributed by atoms with Gasteiger partial charge in [-0.1, -0.05) is 237 Å². The lowest BCUT2D eigenvalue weighted by atomic mass is 9.63. The van der Waals surface area contributed by atoms with E-state index in [1.54, 1.807) is 0 Å². The van der Waals surface area contributed by atoms with Gasteiger partial charge in [0.05, 0.1) is 0 Å². The number of benzene rings is 10. The van der Waals surface area contributed by atoms with Crippen molar-refractivity contribution in [3.8, 4) is 0 Å². The Bertz CT molecular complexity index is 3290. The molecule has 1 aliphatic carbocycles. The Balaban J connectivity index is 1.08. The van der Waals surface area contributed by atoms with E-state index < -0.39 is 11.2 Å². The maximum absolute atomic E-state index is 13.9. The van der Waals surface area contributed by atoms with Crippen molar-refractivity contribution in [1.29, 1.82) is 0 Å².